The lowest BCUT2D eigenvalue weighted by atomic mass is 10.00. The number of halogens is 4. The van der Waals surface area contributed by atoms with Crippen LogP contribution in [0.4, 0.5) is 0 Å². The van der Waals surface area contributed by atoms with E-state index in [0.717, 1.165) is 35.3 Å². The summed E-state index contributed by atoms with van der Waals surface area (Å²) in [6.07, 6.45) is 7.93. The number of fused-ring (bicyclic) bond motifs is 10. The molecule has 3 aliphatic rings. The third kappa shape index (κ3) is 10.9. The van der Waals surface area contributed by atoms with Gasteiger partial charge in [-0.3, -0.25) is 29.8 Å². The van der Waals surface area contributed by atoms with Gasteiger partial charge in [-0.2, -0.15) is 0 Å². The molecule has 9 rings (SSSR count). The smallest absolute Gasteiger partial charge is 0.138 e. The van der Waals surface area contributed by atoms with Crippen LogP contribution < -0.4 is 0 Å². The summed E-state index contributed by atoms with van der Waals surface area (Å²) in [5, 5.41) is 45.2. The lowest BCUT2D eigenvalue weighted by Gasteiger charge is -2.14. The van der Waals surface area contributed by atoms with Crippen molar-refractivity contribution in [1.29, 1.82) is 0 Å². The van der Waals surface area contributed by atoms with Gasteiger partial charge in [0, 0.05) is 86.4 Å². The summed E-state index contributed by atoms with van der Waals surface area (Å²) in [4.78, 5) is 25.0. The quantitative estimate of drug-likeness (QED) is 0.139. The molecule has 2 saturated heterocycles. The summed E-state index contributed by atoms with van der Waals surface area (Å²) in [6, 6.07) is 35.0. The molecule has 0 saturated carbocycles. The van der Waals surface area contributed by atoms with Gasteiger partial charge in [-0.05, 0) is 158 Å². The zero-order valence-corrected chi connectivity index (χ0v) is 42.0. The van der Waals surface area contributed by atoms with Gasteiger partial charge in [0.15, 0.2) is 0 Å². The fraction of sp³-hybridized carbons (Fsp3) is 0.231. The summed E-state index contributed by atoms with van der Waals surface area (Å²) < 4.78 is 2.17. The number of phenols is 4. The number of likely N-dealkylation sites (tertiary alicyclic amines) is 2. The zero-order valence-electron chi connectivity index (χ0n) is 35.7. The van der Waals surface area contributed by atoms with Crippen LogP contribution in [0.25, 0.3) is 0 Å². The van der Waals surface area contributed by atoms with Gasteiger partial charge in [0.05, 0.1) is 42.1 Å². The first-order valence-electron chi connectivity index (χ1n) is 21.6. The molecule has 336 valence electrons. The summed E-state index contributed by atoms with van der Waals surface area (Å²) in [5.41, 5.74) is 8.35. The Morgan fingerprint density at radius 3 is 0.909 bits per heavy atom. The van der Waals surface area contributed by atoms with E-state index in [1.807, 2.05) is 84.9 Å². The normalized spacial score (nSPS) is 20.1. The van der Waals surface area contributed by atoms with Crippen LogP contribution in [0, 0.1) is 0 Å². The van der Waals surface area contributed by atoms with E-state index in [9.17, 15) is 20.4 Å². The molecule has 10 nitrogen and oxygen atoms in total. The van der Waals surface area contributed by atoms with E-state index in [0.29, 0.717) is 79.2 Å². The second kappa shape index (κ2) is 20.5. The van der Waals surface area contributed by atoms with Crippen molar-refractivity contribution >= 4 is 88.6 Å². The van der Waals surface area contributed by atoms with E-state index < -0.39 is 0 Å². The van der Waals surface area contributed by atoms with Crippen molar-refractivity contribution < 1.29 is 20.4 Å². The molecule has 0 aliphatic carbocycles. The van der Waals surface area contributed by atoms with Crippen LogP contribution in [-0.4, -0.2) is 105 Å². The van der Waals surface area contributed by atoms with Gasteiger partial charge in [0.1, 0.15) is 23.0 Å². The highest BCUT2D eigenvalue weighted by molar-refractivity contribution is 9.11. The van der Waals surface area contributed by atoms with Crippen molar-refractivity contribution in [3.8, 4) is 23.0 Å². The number of rotatable bonds is 4. The van der Waals surface area contributed by atoms with Crippen LogP contribution in [0.2, 0.25) is 0 Å². The molecule has 0 aromatic heterocycles. The van der Waals surface area contributed by atoms with Crippen molar-refractivity contribution in [2.75, 3.05) is 26.2 Å². The van der Waals surface area contributed by atoms with E-state index in [2.05, 4.69) is 97.8 Å². The number of aliphatic imine (C=N–C) groups is 4. The summed E-state index contributed by atoms with van der Waals surface area (Å²) in [6.45, 7) is 4.04. The van der Waals surface area contributed by atoms with E-state index in [4.69, 9.17) is 20.0 Å². The van der Waals surface area contributed by atoms with E-state index >= 15 is 0 Å². The molecule has 14 heteroatoms. The van der Waals surface area contributed by atoms with E-state index in [-0.39, 0.29) is 47.2 Å². The minimum Gasteiger partial charge on any atom is -0.506 e. The Labute approximate surface area is 417 Å². The van der Waals surface area contributed by atoms with Gasteiger partial charge < -0.3 is 20.4 Å². The van der Waals surface area contributed by atoms with E-state index in [1.165, 1.54) is 11.1 Å². The predicted octanol–water partition coefficient (Wildman–Crippen LogP) is 10.6. The van der Waals surface area contributed by atoms with Gasteiger partial charge in [-0.1, -0.05) is 60.7 Å². The first-order valence-corrected chi connectivity index (χ1v) is 24.8. The first-order chi connectivity index (χ1) is 31.9. The van der Waals surface area contributed by atoms with Crippen molar-refractivity contribution in [3.05, 3.63) is 183 Å². The summed E-state index contributed by atoms with van der Waals surface area (Å²) >= 11 is 14.4. The molecule has 3 aliphatic heterocycles. The highest BCUT2D eigenvalue weighted by atomic mass is 79.9. The molecule has 0 radical (unpaired) electrons. The van der Waals surface area contributed by atoms with Gasteiger partial charge >= 0.3 is 0 Å². The second-order valence-corrected chi connectivity index (χ2v) is 20.6. The van der Waals surface area contributed by atoms with Crippen molar-refractivity contribution in [2.24, 2.45) is 20.0 Å². The molecule has 4 N–H and O–H groups in total. The Morgan fingerprint density at radius 2 is 0.652 bits per heavy atom. The Morgan fingerprint density at radius 1 is 0.394 bits per heavy atom. The third-order valence-electron chi connectivity index (χ3n) is 12.2. The fourth-order valence-corrected chi connectivity index (χ4v) is 11.0. The Bertz CT molecular complexity index is 2530. The highest BCUT2D eigenvalue weighted by Crippen LogP contribution is 2.36. The number of hydrogen-bond acceptors (Lipinski definition) is 10. The molecule has 4 atom stereocenters. The average molecular weight is 1140 g/mol. The molecule has 0 spiro atoms. The van der Waals surface area contributed by atoms with Crippen molar-refractivity contribution in [2.45, 2.75) is 50.1 Å². The summed E-state index contributed by atoms with van der Waals surface area (Å²) in [7, 11) is 0. The number of nitrogens with zero attached hydrogens (tertiary/aromatic N) is 6. The minimum atomic E-state index is -0.242. The predicted molar refractivity (Wildman–Crippen MR) is 278 cm³/mol. The van der Waals surface area contributed by atoms with Crippen LogP contribution >= 0.6 is 63.7 Å². The molecule has 8 bridgehead atoms. The highest BCUT2D eigenvalue weighted by Gasteiger charge is 2.33. The van der Waals surface area contributed by atoms with Crippen LogP contribution in [0.15, 0.2) is 147 Å². The zero-order chi connectivity index (χ0) is 45.9. The number of hydrogen-bond donors (Lipinski definition) is 4. The molecule has 66 heavy (non-hydrogen) atoms. The summed E-state index contributed by atoms with van der Waals surface area (Å²) in [5.74, 6) is 0.348. The standard InChI is InChI=1S/C52H46Br4N6O4/c53-41-17-33-11-35-15-39(51(65)43(55)19-35)23-59-47-29-62(26-32-9-5-2-6-10-32)30-48(47)60-24-40-16-36(20-44(56)52(40)66)12-34-14-38(50(64)42(54)18-34)22-58-46-28-61(25-31-7-3-1-4-8-31)27-45(46)57-21-37(13-33)49(41)63/h1-10,13-24,45-48,63-66H,11-12,25-30H2/t45-,46-,47-,48-/m1/s1. The third-order valence-corrected chi connectivity index (χ3v) is 14.6. The van der Waals surface area contributed by atoms with Crippen molar-refractivity contribution in [3.63, 3.8) is 0 Å². The van der Waals surface area contributed by atoms with Crippen LogP contribution in [0.1, 0.15) is 55.6 Å². The number of benzene rings is 6. The van der Waals surface area contributed by atoms with Crippen LogP contribution in [-0.2, 0) is 25.9 Å². The average Bonchev–Trinajstić information content (AvgIpc) is 3.88. The Hall–Kier alpha value is -4.96. The molecule has 6 aromatic carbocycles. The molecule has 0 unspecified atom stereocenters. The van der Waals surface area contributed by atoms with Gasteiger partial charge in [-0.25, -0.2) is 0 Å². The van der Waals surface area contributed by atoms with Gasteiger partial charge in [0.2, 0.25) is 0 Å². The fourth-order valence-electron chi connectivity index (χ4n) is 8.91. The molecular formula is C52H46Br4N6O4. The molecular weight excluding hydrogens is 1090 g/mol. The van der Waals surface area contributed by atoms with Gasteiger partial charge in [-0.15, -0.1) is 0 Å². The number of aromatic hydroxyl groups is 4. The lowest BCUT2D eigenvalue weighted by molar-refractivity contribution is 0.324. The SMILES string of the molecule is Oc1c(Br)cc2cc1C=N[C@@H]1CN(Cc3ccccc3)C[C@H]1N=Cc1cc(cc(Br)c1O)Cc1cc(Br)c(O)c(c1)C=N[C@@H]1CN(Cc3ccccc3)C[C@H]1N=Cc1cc(cc(Br)c1O)C2. The minimum absolute atomic E-state index is 0.0870. The second-order valence-electron chi connectivity index (χ2n) is 17.2. The lowest BCUT2D eigenvalue weighted by Crippen LogP contribution is -2.21. The van der Waals surface area contributed by atoms with E-state index in [1.54, 1.807) is 24.9 Å². The molecule has 3 heterocycles. The maximum atomic E-state index is 11.3. The number of phenolic OH excluding ortho intramolecular Hbond substituents is 4. The molecule has 6 aromatic rings. The Balaban J connectivity index is 1.12. The molecule has 0 amide bonds. The maximum Gasteiger partial charge on any atom is 0.138 e. The van der Waals surface area contributed by atoms with Crippen molar-refractivity contribution in [1.82, 2.24) is 9.80 Å². The Kier molecular flexibility index (Phi) is 14.3. The maximum absolute atomic E-state index is 11.3. The molecule has 2 fully saturated rings. The topological polar surface area (TPSA) is 137 Å². The first kappa shape index (κ1) is 46.2. The monoisotopic (exact) mass is 1130 g/mol. The largest absolute Gasteiger partial charge is 0.506 e. The van der Waals surface area contributed by atoms with Crippen LogP contribution in [0.3, 0.4) is 0 Å². The van der Waals surface area contributed by atoms with Gasteiger partial charge in [0.25, 0.3) is 0 Å². The van der Waals surface area contributed by atoms with Crippen LogP contribution in [0.5, 0.6) is 23.0 Å².